The molecule has 1 N–H and O–H groups in total. The molecule has 0 bridgehead atoms. The zero-order valence-corrected chi connectivity index (χ0v) is 7.55. The number of nitriles is 1. The molecule has 0 saturated heterocycles. The maximum absolute atomic E-state index is 11.2. The van der Waals surface area contributed by atoms with Crippen LogP contribution in [0.1, 0.15) is 28.7 Å². The van der Waals surface area contributed by atoms with Crippen LogP contribution >= 0.6 is 0 Å². The van der Waals surface area contributed by atoms with Crippen molar-refractivity contribution in [2.45, 2.75) is 13.8 Å². The average molecular weight is 178 g/mol. The second-order valence-corrected chi connectivity index (χ2v) is 2.57. The van der Waals surface area contributed by atoms with Gasteiger partial charge in [0.1, 0.15) is 11.8 Å². The molecular weight excluding hydrogens is 168 g/mol. The lowest BCUT2D eigenvalue weighted by atomic mass is 10.2. The number of H-pyrrole nitrogens is 1. The number of esters is 1. The third-order valence-electron chi connectivity index (χ3n) is 1.55. The molecule has 1 heterocycles. The van der Waals surface area contributed by atoms with E-state index in [1.807, 2.05) is 6.07 Å². The summed E-state index contributed by atoms with van der Waals surface area (Å²) in [5.74, 6) is -0.479. The van der Waals surface area contributed by atoms with E-state index >= 15 is 0 Å². The van der Waals surface area contributed by atoms with Gasteiger partial charge in [0.05, 0.1) is 12.2 Å². The largest absolute Gasteiger partial charge is 0.461 e. The van der Waals surface area contributed by atoms with E-state index in [0.717, 1.165) is 5.69 Å². The molecule has 0 fully saturated rings. The van der Waals surface area contributed by atoms with Crippen molar-refractivity contribution in [3.8, 4) is 6.07 Å². The quantitative estimate of drug-likeness (QED) is 0.695. The van der Waals surface area contributed by atoms with Crippen molar-refractivity contribution < 1.29 is 9.53 Å². The van der Waals surface area contributed by atoms with Crippen molar-refractivity contribution in [3.63, 3.8) is 0 Å². The highest BCUT2D eigenvalue weighted by molar-refractivity contribution is 5.90. The molecule has 0 aliphatic carbocycles. The smallest absolute Gasteiger partial charge is 0.356 e. The van der Waals surface area contributed by atoms with Gasteiger partial charge >= 0.3 is 5.97 Å². The standard InChI is InChI=1S/C9H10N2O2/c1-3-13-9(12)8-7(5-10)4-6(2)11-8/h4,11H,3H2,1-2H3. The van der Waals surface area contributed by atoms with Gasteiger partial charge in [-0.25, -0.2) is 4.79 Å². The fourth-order valence-electron chi connectivity index (χ4n) is 1.04. The summed E-state index contributed by atoms with van der Waals surface area (Å²) >= 11 is 0. The Kier molecular flexibility index (Phi) is 2.70. The minimum atomic E-state index is -0.479. The number of nitrogens with zero attached hydrogens (tertiary/aromatic N) is 1. The molecule has 0 amide bonds. The number of aromatic amines is 1. The number of aromatic nitrogens is 1. The first-order valence-electron chi connectivity index (χ1n) is 3.95. The fraction of sp³-hybridized carbons (Fsp3) is 0.333. The zero-order chi connectivity index (χ0) is 9.84. The second kappa shape index (κ2) is 3.76. The van der Waals surface area contributed by atoms with Crippen LogP contribution in [-0.4, -0.2) is 17.6 Å². The van der Waals surface area contributed by atoms with Crippen LogP contribution in [0.2, 0.25) is 0 Å². The van der Waals surface area contributed by atoms with Crippen LogP contribution in [0.3, 0.4) is 0 Å². The van der Waals surface area contributed by atoms with Gasteiger partial charge in [-0.1, -0.05) is 0 Å². The summed E-state index contributed by atoms with van der Waals surface area (Å²) < 4.78 is 4.76. The molecule has 68 valence electrons. The van der Waals surface area contributed by atoms with Gasteiger partial charge in [-0.2, -0.15) is 5.26 Å². The summed E-state index contributed by atoms with van der Waals surface area (Å²) in [5.41, 5.74) is 1.34. The Bertz CT molecular complexity index is 360. The summed E-state index contributed by atoms with van der Waals surface area (Å²) in [6.07, 6.45) is 0. The predicted octanol–water partition coefficient (Wildman–Crippen LogP) is 1.37. The van der Waals surface area contributed by atoms with Gasteiger partial charge < -0.3 is 9.72 Å². The van der Waals surface area contributed by atoms with Gasteiger partial charge in [0.15, 0.2) is 0 Å². The van der Waals surface area contributed by atoms with E-state index in [-0.39, 0.29) is 5.69 Å². The molecule has 4 heteroatoms. The SMILES string of the molecule is CCOC(=O)c1[nH]c(C)cc1C#N. The highest BCUT2D eigenvalue weighted by Crippen LogP contribution is 2.10. The second-order valence-electron chi connectivity index (χ2n) is 2.57. The van der Waals surface area contributed by atoms with Gasteiger partial charge in [0.25, 0.3) is 0 Å². The van der Waals surface area contributed by atoms with E-state index in [1.54, 1.807) is 19.9 Å². The third kappa shape index (κ3) is 1.88. The predicted molar refractivity (Wildman–Crippen MR) is 46.2 cm³/mol. The Morgan fingerprint density at radius 2 is 2.46 bits per heavy atom. The lowest BCUT2D eigenvalue weighted by Gasteiger charge is -1.98. The summed E-state index contributed by atoms with van der Waals surface area (Å²) in [6, 6.07) is 3.54. The maximum Gasteiger partial charge on any atom is 0.356 e. The van der Waals surface area contributed by atoms with Crippen LogP contribution in [0.25, 0.3) is 0 Å². The van der Waals surface area contributed by atoms with Gasteiger partial charge in [0, 0.05) is 5.69 Å². The summed E-state index contributed by atoms with van der Waals surface area (Å²) in [7, 11) is 0. The molecule has 13 heavy (non-hydrogen) atoms. The van der Waals surface area contributed by atoms with Gasteiger partial charge in [0.2, 0.25) is 0 Å². The highest BCUT2D eigenvalue weighted by atomic mass is 16.5. The Labute approximate surface area is 76.1 Å². The van der Waals surface area contributed by atoms with Crippen LogP contribution in [0, 0.1) is 18.3 Å². The average Bonchev–Trinajstić information content (AvgIpc) is 2.47. The molecule has 1 aromatic rings. The summed E-state index contributed by atoms with van der Waals surface area (Å²) in [5, 5.41) is 8.67. The van der Waals surface area contributed by atoms with Crippen LogP contribution in [-0.2, 0) is 4.74 Å². The van der Waals surface area contributed by atoms with E-state index in [1.165, 1.54) is 0 Å². The topological polar surface area (TPSA) is 65.9 Å². The first-order chi connectivity index (χ1) is 6.19. The number of carbonyl (C=O) groups is 1. The number of aryl methyl sites for hydroxylation is 1. The Balaban J connectivity index is 3.00. The maximum atomic E-state index is 11.2. The molecule has 4 nitrogen and oxygen atoms in total. The highest BCUT2D eigenvalue weighted by Gasteiger charge is 2.14. The molecule has 0 saturated carbocycles. The minimum Gasteiger partial charge on any atom is -0.461 e. The number of carbonyl (C=O) groups excluding carboxylic acids is 1. The fourth-order valence-corrected chi connectivity index (χ4v) is 1.04. The van der Waals surface area contributed by atoms with Crippen molar-refractivity contribution >= 4 is 5.97 Å². The van der Waals surface area contributed by atoms with Crippen molar-refractivity contribution in [2.75, 3.05) is 6.61 Å². The number of nitrogens with one attached hydrogen (secondary N) is 1. The minimum absolute atomic E-state index is 0.238. The van der Waals surface area contributed by atoms with E-state index in [9.17, 15) is 4.79 Å². The molecule has 0 aromatic carbocycles. The summed E-state index contributed by atoms with van der Waals surface area (Å²) in [4.78, 5) is 14.0. The Hall–Kier alpha value is -1.76. The van der Waals surface area contributed by atoms with Crippen molar-refractivity contribution in [3.05, 3.63) is 23.0 Å². The van der Waals surface area contributed by atoms with Gasteiger partial charge in [-0.3, -0.25) is 0 Å². The van der Waals surface area contributed by atoms with Crippen LogP contribution < -0.4 is 0 Å². The van der Waals surface area contributed by atoms with Crippen LogP contribution in [0.5, 0.6) is 0 Å². The van der Waals surface area contributed by atoms with Gasteiger partial charge in [-0.05, 0) is 19.9 Å². The van der Waals surface area contributed by atoms with Crippen LogP contribution in [0.4, 0.5) is 0 Å². The van der Waals surface area contributed by atoms with Crippen molar-refractivity contribution in [2.24, 2.45) is 0 Å². The molecule has 0 aliphatic heterocycles. The van der Waals surface area contributed by atoms with Crippen molar-refractivity contribution in [1.82, 2.24) is 4.98 Å². The monoisotopic (exact) mass is 178 g/mol. The van der Waals surface area contributed by atoms with E-state index < -0.39 is 5.97 Å². The summed E-state index contributed by atoms with van der Waals surface area (Å²) in [6.45, 7) is 3.81. The number of hydrogen-bond acceptors (Lipinski definition) is 3. The number of ether oxygens (including phenoxy) is 1. The Morgan fingerprint density at radius 3 is 3.00 bits per heavy atom. The molecule has 0 radical (unpaired) electrons. The normalized spacial score (nSPS) is 9.31. The first-order valence-corrected chi connectivity index (χ1v) is 3.95. The van der Waals surface area contributed by atoms with Gasteiger partial charge in [-0.15, -0.1) is 0 Å². The van der Waals surface area contributed by atoms with E-state index in [0.29, 0.717) is 12.2 Å². The molecule has 0 spiro atoms. The molecular formula is C9H10N2O2. The zero-order valence-electron chi connectivity index (χ0n) is 7.55. The first kappa shape index (κ1) is 9.33. The van der Waals surface area contributed by atoms with E-state index in [2.05, 4.69) is 4.98 Å². The molecule has 1 aromatic heterocycles. The lowest BCUT2D eigenvalue weighted by molar-refractivity contribution is 0.0520. The third-order valence-corrected chi connectivity index (χ3v) is 1.55. The number of hydrogen-bond donors (Lipinski definition) is 1. The number of rotatable bonds is 2. The van der Waals surface area contributed by atoms with Crippen LogP contribution in [0.15, 0.2) is 6.07 Å². The lowest BCUT2D eigenvalue weighted by Crippen LogP contribution is -2.06. The molecule has 0 unspecified atom stereocenters. The molecule has 1 rings (SSSR count). The molecule has 0 atom stereocenters. The molecule has 0 aliphatic rings. The van der Waals surface area contributed by atoms with E-state index in [4.69, 9.17) is 10.00 Å². The Morgan fingerprint density at radius 1 is 1.77 bits per heavy atom. The van der Waals surface area contributed by atoms with Crippen molar-refractivity contribution in [1.29, 1.82) is 5.26 Å².